The zero-order chi connectivity index (χ0) is 12.3. The molecule has 88 valence electrons. The third-order valence-corrected chi connectivity index (χ3v) is 2.51. The highest BCUT2D eigenvalue weighted by atomic mass is 16.3. The van der Waals surface area contributed by atoms with Crippen molar-refractivity contribution in [2.45, 2.75) is 13.5 Å². The van der Waals surface area contributed by atoms with Crippen LogP contribution in [0, 0.1) is 0 Å². The van der Waals surface area contributed by atoms with Crippen LogP contribution in [0.2, 0.25) is 0 Å². The van der Waals surface area contributed by atoms with Gasteiger partial charge >= 0.3 is 0 Å². The molecule has 0 unspecified atom stereocenters. The van der Waals surface area contributed by atoms with E-state index in [4.69, 9.17) is 10.2 Å². The lowest BCUT2D eigenvalue weighted by Gasteiger charge is -2.08. The number of Topliss-reactive ketones (excluding diaryl/α,β-unsaturated/α-hetero) is 1. The van der Waals surface area contributed by atoms with Crippen LogP contribution in [-0.4, -0.2) is 5.78 Å². The van der Waals surface area contributed by atoms with Gasteiger partial charge in [0.1, 0.15) is 0 Å². The number of hydrogen-bond donors (Lipinski definition) is 2. The molecule has 0 fully saturated rings. The number of benzene rings is 1. The fourth-order valence-electron chi connectivity index (χ4n) is 1.57. The van der Waals surface area contributed by atoms with Gasteiger partial charge in [0.15, 0.2) is 5.78 Å². The van der Waals surface area contributed by atoms with Gasteiger partial charge in [-0.15, -0.1) is 0 Å². The van der Waals surface area contributed by atoms with Gasteiger partial charge < -0.3 is 15.5 Å². The summed E-state index contributed by atoms with van der Waals surface area (Å²) in [5.74, 6) is -0.0329. The van der Waals surface area contributed by atoms with E-state index >= 15 is 0 Å². The average Bonchev–Trinajstić information content (AvgIpc) is 2.80. The summed E-state index contributed by atoms with van der Waals surface area (Å²) in [5.41, 5.74) is 8.68. The van der Waals surface area contributed by atoms with Crippen LogP contribution in [0.1, 0.15) is 22.8 Å². The Hall–Kier alpha value is -2.23. The van der Waals surface area contributed by atoms with Crippen LogP contribution in [0.5, 0.6) is 0 Å². The number of nitrogens with two attached hydrogens (primary N) is 1. The molecule has 0 aliphatic carbocycles. The smallest absolute Gasteiger partial charge is 0.161 e. The van der Waals surface area contributed by atoms with Gasteiger partial charge in [0.05, 0.1) is 12.5 Å². The number of ketones is 1. The lowest BCUT2D eigenvalue weighted by molar-refractivity contribution is 0.101. The molecule has 0 atom stereocenters. The van der Waals surface area contributed by atoms with Gasteiger partial charge in [-0.3, -0.25) is 4.79 Å². The topological polar surface area (TPSA) is 68.3 Å². The van der Waals surface area contributed by atoms with E-state index in [1.54, 1.807) is 24.7 Å². The van der Waals surface area contributed by atoms with E-state index in [0.717, 1.165) is 11.3 Å². The molecule has 2 rings (SSSR count). The molecule has 0 bridgehead atoms. The summed E-state index contributed by atoms with van der Waals surface area (Å²) in [7, 11) is 0. The zero-order valence-electron chi connectivity index (χ0n) is 9.57. The number of nitrogen functional groups attached to an aromatic ring is 1. The second kappa shape index (κ2) is 4.74. The van der Waals surface area contributed by atoms with Crippen LogP contribution in [-0.2, 0) is 6.54 Å². The maximum atomic E-state index is 11.3. The first-order chi connectivity index (χ1) is 8.16. The Morgan fingerprint density at radius 2 is 2.24 bits per heavy atom. The van der Waals surface area contributed by atoms with Gasteiger partial charge in [0, 0.05) is 29.0 Å². The second-order valence-electron chi connectivity index (χ2n) is 3.84. The van der Waals surface area contributed by atoms with Crippen molar-refractivity contribution in [1.82, 2.24) is 0 Å². The summed E-state index contributed by atoms with van der Waals surface area (Å²) in [6, 6.07) is 7.23. The van der Waals surface area contributed by atoms with Crippen molar-refractivity contribution in [3.05, 3.63) is 47.9 Å². The summed E-state index contributed by atoms with van der Waals surface area (Å²) in [5, 5.41) is 3.20. The maximum absolute atomic E-state index is 11.3. The van der Waals surface area contributed by atoms with E-state index < -0.39 is 0 Å². The lowest BCUT2D eigenvalue weighted by atomic mass is 10.1. The van der Waals surface area contributed by atoms with Crippen molar-refractivity contribution in [3.8, 4) is 0 Å². The Morgan fingerprint density at radius 3 is 2.88 bits per heavy atom. The van der Waals surface area contributed by atoms with Crippen molar-refractivity contribution in [1.29, 1.82) is 0 Å². The molecule has 1 heterocycles. The summed E-state index contributed by atoms with van der Waals surface area (Å²) in [6.45, 7) is 2.16. The van der Waals surface area contributed by atoms with Crippen molar-refractivity contribution < 1.29 is 9.21 Å². The zero-order valence-corrected chi connectivity index (χ0v) is 9.57. The minimum atomic E-state index is -0.0329. The van der Waals surface area contributed by atoms with Crippen LogP contribution in [0.25, 0.3) is 0 Å². The highest BCUT2D eigenvalue weighted by molar-refractivity contribution is 5.99. The highest BCUT2D eigenvalue weighted by Crippen LogP contribution is 2.19. The lowest BCUT2D eigenvalue weighted by Crippen LogP contribution is -2.03. The third-order valence-electron chi connectivity index (χ3n) is 2.51. The van der Waals surface area contributed by atoms with Gasteiger partial charge in [-0.25, -0.2) is 0 Å². The van der Waals surface area contributed by atoms with Crippen molar-refractivity contribution in [2.75, 3.05) is 11.1 Å². The number of furan rings is 1. The summed E-state index contributed by atoms with van der Waals surface area (Å²) in [4.78, 5) is 11.3. The van der Waals surface area contributed by atoms with Crippen molar-refractivity contribution in [2.24, 2.45) is 0 Å². The van der Waals surface area contributed by atoms with Crippen LogP contribution in [0.3, 0.4) is 0 Å². The van der Waals surface area contributed by atoms with Crippen LogP contribution >= 0.6 is 0 Å². The average molecular weight is 230 g/mol. The normalized spacial score (nSPS) is 10.2. The number of carbonyl (C=O) groups excluding carboxylic acids is 1. The van der Waals surface area contributed by atoms with Gasteiger partial charge in [0.2, 0.25) is 0 Å². The number of carbonyl (C=O) groups is 1. The summed E-state index contributed by atoms with van der Waals surface area (Å²) in [6.07, 6.45) is 3.30. The van der Waals surface area contributed by atoms with E-state index in [-0.39, 0.29) is 5.78 Å². The SMILES string of the molecule is CC(=O)c1cc(NCc2ccoc2)ccc1N. The fourth-order valence-corrected chi connectivity index (χ4v) is 1.57. The predicted molar refractivity (Wildman–Crippen MR) is 66.9 cm³/mol. The molecule has 0 aliphatic heterocycles. The third kappa shape index (κ3) is 2.66. The quantitative estimate of drug-likeness (QED) is 0.626. The minimum absolute atomic E-state index is 0.0329. The van der Waals surface area contributed by atoms with E-state index in [1.807, 2.05) is 12.1 Å². The van der Waals surface area contributed by atoms with Crippen molar-refractivity contribution >= 4 is 17.2 Å². The van der Waals surface area contributed by atoms with Gasteiger partial charge in [-0.2, -0.15) is 0 Å². The molecule has 4 heteroatoms. The molecule has 0 aliphatic rings. The molecule has 0 saturated heterocycles. The Kier molecular flexibility index (Phi) is 3.14. The molecule has 0 spiro atoms. The predicted octanol–water partition coefficient (Wildman–Crippen LogP) is 2.68. The monoisotopic (exact) mass is 230 g/mol. The van der Waals surface area contributed by atoms with Crippen LogP contribution in [0.4, 0.5) is 11.4 Å². The second-order valence-corrected chi connectivity index (χ2v) is 3.84. The molecule has 4 nitrogen and oxygen atoms in total. The van der Waals surface area contributed by atoms with E-state index in [1.165, 1.54) is 6.92 Å². The summed E-state index contributed by atoms with van der Waals surface area (Å²) >= 11 is 0. The van der Waals surface area contributed by atoms with Crippen molar-refractivity contribution in [3.63, 3.8) is 0 Å². The maximum Gasteiger partial charge on any atom is 0.161 e. The molecule has 1 aromatic heterocycles. The van der Waals surface area contributed by atoms with Crippen LogP contribution < -0.4 is 11.1 Å². The number of nitrogens with one attached hydrogen (secondary N) is 1. The molecule has 2 aromatic rings. The van der Waals surface area contributed by atoms with Gasteiger partial charge in [-0.05, 0) is 31.2 Å². The Morgan fingerprint density at radius 1 is 1.41 bits per heavy atom. The van der Waals surface area contributed by atoms with E-state index in [2.05, 4.69) is 5.32 Å². The molecule has 1 aromatic carbocycles. The molecule has 0 amide bonds. The molecule has 3 N–H and O–H groups in total. The van der Waals surface area contributed by atoms with Gasteiger partial charge in [-0.1, -0.05) is 0 Å². The van der Waals surface area contributed by atoms with Crippen LogP contribution in [0.15, 0.2) is 41.2 Å². The Labute approximate surface area is 99.4 Å². The first-order valence-electron chi connectivity index (χ1n) is 5.32. The Balaban J connectivity index is 2.11. The minimum Gasteiger partial charge on any atom is -0.472 e. The highest BCUT2D eigenvalue weighted by Gasteiger charge is 2.05. The first-order valence-corrected chi connectivity index (χ1v) is 5.32. The fraction of sp³-hybridized carbons (Fsp3) is 0.154. The molecule has 17 heavy (non-hydrogen) atoms. The largest absolute Gasteiger partial charge is 0.472 e. The number of anilines is 2. The standard InChI is InChI=1S/C13H14N2O2/c1-9(16)12-6-11(2-3-13(12)14)15-7-10-4-5-17-8-10/h2-6,8,15H,7,14H2,1H3. The Bertz CT molecular complexity index is 518. The number of rotatable bonds is 4. The molecule has 0 saturated carbocycles. The first kappa shape index (κ1) is 11.3. The molecule has 0 radical (unpaired) electrons. The van der Waals surface area contributed by atoms with Gasteiger partial charge in [0.25, 0.3) is 0 Å². The van der Waals surface area contributed by atoms with E-state index in [0.29, 0.717) is 17.8 Å². The molecular weight excluding hydrogens is 216 g/mol. The van der Waals surface area contributed by atoms with E-state index in [9.17, 15) is 4.79 Å². The number of hydrogen-bond acceptors (Lipinski definition) is 4. The molecular formula is C13H14N2O2. The summed E-state index contributed by atoms with van der Waals surface area (Å²) < 4.78 is 4.97.